The van der Waals surface area contributed by atoms with Gasteiger partial charge >= 0.3 is 6.09 Å². The number of carbonyl (C=O) groups is 3. The molecule has 2 aromatic carbocycles. The summed E-state index contributed by atoms with van der Waals surface area (Å²) in [7, 11) is 0. The van der Waals surface area contributed by atoms with Crippen LogP contribution < -0.4 is 20.9 Å². The summed E-state index contributed by atoms with van der Waals surface area (Å²) < 4.78 is 5.26. The fourth-order valence-electron chi connectivity index (χ4n) is 4.36. The molecule has 2 saturated heterocycles. The first-order chi connectivity index (χ1) is 17.5. The molecular formula is C27H35Cl3N4O4. The molecule has 0 spiro atoms. The number of carbonyl (C=O) groups excluding carboxylic acids is 3. The highest BCUT2D eigenvalue weighted by atomic mass is 35.5. The summed E-state index contributed by atoms with van der Waals surface area (Å²) in [5, 5.41) is 4.10. The van der Waals surface area contributed by atoms with Gasteiger partial charge in [0, 0.05) is 64.8 Å². The van der Waals surface area contributed by atoms with Gasteiger partial charge in [-0.25, -0.2) is 4.79 Å². The first kappa shape index (κ1) is 31.7. The lowest BCUT2D eigenvalue weighted by Crippen LogP contribution is -2.40. The van der Waals surface area contributed by atoms with Crippen LogP contribution in [0.25, 0.3) is 0 Å². The SMILES string of the molecule is CC(C)(C)OC(=O)N[C@@H]1CCN(c2cc(Cl)ccc2C=O)C1.Cl.N[C@@H]1CCN(c2cc(Cl)ccc2C=O)C1. The van der Waals surface area contributed by atoms with E-state index in [1.165, 1.54) is 0 Å². The smallest absolute Gasteiger partial charge is 0.407 e. The van der Waals surface area contributed by atoms with E-state index in [2.05, 4.69) is 15.1 Å². The van der Waals surface area contributed by atoms with Gasteiger partial charge in [-0.15, -0.1) is 12.4 Å². The van der Waals surface area contributed by atoms with E-state index in [9.17, 15) is 14.4 Å². The molecule has 0 aromatic heterocycles. The van der Waals surface area contributed by atoms with Gasteiger partial charge in [-0.3, -0.25) is 9.59 Å². The second-order valence-corrected chi connectivity index (χ2v) is 11.1. The van der Waals surface area contributed by atoms with Crippen molar-refractivity contribution in [2.45, 2.75) is 51.3 Å². The van der Waals surface area contributed by atoms with Crippen LogP contribution in [0, 0.1) is 0 Å². The first-order valence-electron chi connectivity index (χ1n) is 12.2. The molecule has 2 atom stereocenters. The molecule has 0 saturated carbocycles. The minimum atomic E-state index is -0.514. The Labute approximate surface area is 240 Å². The standard InChI is InChI=1S/C16H21ClN2O3.C11H13ClN2O.ClH/c1-16(2,3)22-15(21)18-13-6-7-19(9-13)14-8-12(17)5-4-11(14)10-20;12-9-2-1-8(7-15)11(5-9)14-4-3-10(13)6-14;/h4-5,8,10,13H,6-7,9H2,1-3H3,(H,18,21);1-2,5,7,10H,3-4,6,13H2;1H/t13-;10-;/m11./s1. The Hall–Kier alpha value is -2.52. The maximum Gasteiger partial charge on any atom is 0.407 e. The lowest BCUT2D eigenvalue weighted by molar-refractivity contribution is 0.0508. The molecule has 2 aliphatic heterocycles. The Kier molecular flexibility index (Phi) is 11.7. The average Bonchev–Trinajstić information content (AvgIpc) is 3.47. The average molecular weight is 586 g/mol. The van der Waals surface area contributed by atoms with Crippen molar-refractivity contribution in [3.8, 4) is 0 Å². The third-order valence-electron chi connectivity index (χ3n) is 6.05. The first-order valence-corrected chi connectivity index (χ1v) is 13.0. The highest BCUT2D eigenvalue weighted by molar-refractivity contribution is 6.31. The van der Waals surface area contributed by atoms with E-state index in [0.717, 1.165) is 56.4 Å². The van der Waals surface area contributed by atoms with E-state index in [4.69, 9.17) is 33.7 Å². The van der Waals surface area contributed by atoms with Crippen molar-refractivity contribution in [3.05, 3.63) is 57.6 Å². The topological polar surface area (TPSA) is 105 Å². The van der Waals surface area contributed by atoms with Crippen molar-refractivity contribution >= 4 is 65.6 Å². The number of hydrogen-bond acceptors (Lipinski definition) is 7. The van der Waals surface area contributed by atoms with Crippen LogP contribution in [0.2, 0.25) is 10.0 Å². The van der Waals surface area contributed by atoms with Crippen LogP contribution in [0.3, 0.4) is 0 Å². The second-order valence-electron chi connectivity index (χ2n) is 10.2. The summed E-state index contributed by atoms with van der Waals surface area (Å²) in [5.74, 6) is 0. The van der Waals surface area contributed by atoms with Crippen molar-refractivity contribution in [1.29, 1.82) is 0 Å². The normalized spacial score (nSPS) is 18.7. The summed E-state index contributed by atoms with van der Waals surface area (Å²) in [5.41, 5.74) is 8.28. The molecule has 2 heterocycles. The Morgan fingerprint density at radius 1 is 0.947 bits per heavy atom. The molecule has 2 fully saturated rings. The molecule has 0 unspecified atom stereocenters. The summed E-state index contributed by atoms with van der Waals surface area (Å²) in [6, 6.07) is 10.7. The van der Waals surface area contributed by atoms with Crippen molar-refractivity contribution in [1.82, 2.24) is 5.32 Å². The number of ether oxygens (including phenoxy) is 1. The second kappa shape index (κ2) is 14.0. The van der Waals surface area contributed by atoms with Gasteiger partial charge < -0.3 is 25.6 Å². The zero-order valence-corrected chi connectivity index (χ0v) is 24.1. The molecule has 208 valence electrons. The zero-order valence-electron chi connectivity index (χ0n) is 21.8. The van der Waals surface area contributed by atoms with Gasteiger partial charge in [-0.2, -0.15) is 0 Å². The predicted octanol–water partition coefficient (Wildman–Crippen LogP) is 5.37. The summed E-state index contributed by atoms with van der Waals surface area (Å²) in [4.78, 5) is 38.0. The Balaban J connectivity index is 0.000000277. The lowest BCUT2D eigenvalue weighted by atomic mass is 10.2. The van der Waals surface area contributed by atoms with Gasteiger partial charge in [0.05, 0.1) is 6.04 Å². The minimum Gasteiger partial charge on any atom is -0.444 e. The zero-order chi connectivity index (χ0) is 27.2. The molecule has 0 radical (unpaired) electrons. The molecule has 38 heavy (non-hydrogen) atoms. The van der Waals surface area contributed by atoms with Gasteiger partial charge in [0.25, 0.3) is 0 Å². The molecule has 8 nitrogen and oxygen atoms in total. The molecule has 11 heteroatoms. The molecule has 0 bridgehead atoms. The Bertz CT molecular complexity index is 1130. The maximum absolute atomic E-state index is 11.8. The van der Waals surface area contributed by atoms with Crippen molar-refractivity contribution in [3.63, 3.8) is 0 Å². The van der Waals surface area contributed by atoms with Crippen LogP contribution in [-0.4, -0.2) is 62.5 Å². The van der Waals surface area contributed by atoms with Crippen LogP contribution in [0.5, 0.6) is 0 Å². The Morgan fingerprint density at radius 3 is 1.89 bits per heavy atom. The van der Waals surface area contributed by atoms with E-state index in [1.54, 1.807) is 30.3 Å². The van der Waals surface area contributed by atoms with E-state index >= 15 is 0 Å². The van der Waals surface area contributed by atoms with Crippen LogP contribution in [0.15, 0.2) is 36.4 Å². The van der Waals surface area contributed by atoms with Crippen LogP contribution in [0.1, 0.15) is 54.3 Å². The molecule has 3 N–H and O–H groups in total. The highest BCUT2D eigenvalue weighted by Crippen LogP contribution is 2.28. The summed E-state index contributed by atoms with van der Waals surface area (Å²) in [6.45, 7) is 8.55. The van der Waals surface area contributed by atoms with Crippen LogP contribution >= 0.6 is 35.6 Å². The van der Waals surface area contributed by atoms with Gasteiger partial charge in [0.2, 0.25) is 0 Å². The number of benzene rings is 2. The monoisotopic (exact) mass is 584 g/mol. The highest BCUT2D eigenvalue weighted by Gasteiger charge is 2.27. The number of alkyl carbamates (subject to hydrolysis) is 1. The van der Waals surface area contributed by atoms with E-state index in [0.29, 0.717) is 27.7 Å². The number of hydrogen-bond donors (Lipinski definition) is 2. The van der Waals surface area contributed by atoms with Gasteiger partial charge in [0.1, 0.15) is 5.60 Å². The minimum absolute atomic E-state index is 0. The summed E-state index contributed by atoms with van der Waals surface area (Å²) >= 11 is 11.9. The third kappa shape index (κ3) is 9.05. The molecule has 2 aromatic rings. The number of nitrogens with one attached hydrogen (secondary N) is 1. The van der Waals surface area contributed by atoms with Crippen LogP contribution in [0.4, 0.5) is 16.2 Å². The molecular weight excluding hydrogens is 551 g/mol. The fraction of sp³-hybridized carbons (Fsp3) is 0.444. The van der Waals surface area contributed by atoms with Gasteiger partial charge in [-0.05, 0) is 70.0 Å². The van der Waals surface area contributed by atoms with E-state index in [1.807, 2.05) is 26.8 Å². The fourth-order valence-corrected chi connectivity index (χ4v) is 4.69. The van der Waals surface area contributed by atoms with Gasteiger partial charge in [-0.1, -0.05) is 23.2 Å². The number of rotatable bonds is 5. The number of nitrogens with two attached hydrogens (primary N) is 1. The van der Waals surface area contributed by atoms with Crippen molar-refractivity contribution in [2.24, 2.45) is 5.73 Å². The molecule has 1 amide bonds. The number of nitrogens with zero attached hydrogens (tertiary/aromatic N) is 2. The van der Waals surface area contributed by atoms with E-state index in [-0.39, 0.29) is 24.5 Å². The molecule has 2 aliphatic rings. The Morgan fingerprint density at radius 2 is 1.45 bits per heavy atom. The quantitative estimate of drug-likeness (QED) is 0.455. The predicted molar refractivity (Wildman–Crippen MR) is 156 cm³/mol. The van der Waals surface area contributed by atoms with E-state index < -0.39 is 11.7 Å². The number of aldehydes is 2. The molecule has 0 aliphatic carbocycles. The maximum atomic E-state index is 11.8. The lowest BCUT2D eigenvalue weighted by Gasteiger charge is -2.23. The van der Waals surface area contributed by atoms with Crippen molar-refractivity contribution < 1.29 is 19.1 Å². The molecule has 4 rings (SSSR count). The third-order valence-corrected chi connectivity index (χ3v) is 6.52. The van der Waals surface area contributed by atoms with Crippen molar-refractivity contribution in [2.75, 3.05) is 36.0 Å². The number of halogens is 3. The van der Waals surface area contributed by atoms with Gasteiger partial charge in [0.15, 0.2) is 12.6 Å². The number of anilines is 2. The van der Waals surface area contributed by atoms with Crippen LogP contribution in [-0.2, 0) is 4.74 Å². The summed E-state index contributed by atoms with van der Waals surface area (Å²) in [6.07, 6.45) is 3.02. The number of amides is 1. The largest absolute Gasteiger partial charge is 0.444 e.